The normalized spacial score (nSPS) is 13.8. The van der Waals surface area contributed by atoms with E-state index in [4.69, 9.17) is 0 Å². The zero-order chi connectivity index (χ0) is 15.5. The van der Waals surface area contributed by atoms with Crippen LogP contribution >= 0.6 is 0 Å². The fraction of sp³-hybridized carbons (Fsp3) is 0.500. The Hall–Kier alpha value is -1.45. The molecule has 21 heavy (non-hydrogen) atoms. The Morgan fingerprint density at radius 2 is 1.90 bits per heavy atom. The van der Waals surface area contributed by atoms with Crippen LogP contribution in [0.5, 0.6) is 0 Å². The van der Waals surface area contributed by atoms with Gasteiger partial charge in [0.2, 0.25) is 0 Å². The minimum atomic E-state index is 0.0301. The summed E-state index contributed by atoms with van der Waals surface area (Å²) >= 11 is 0. The summed E-state index contributed by atoms with van der Waals surface area (Å²) in [7, 11) is 2.05. The molecule has 0 spiro atoms. The van der Waals surface area contributed by atoms with Crippen LogP contribution < -0.4 is 5.32 Å². The Labute approximate surface area is 128 Å². The standard InChI is InChI=1S/C18H27N3/c1-6-21(7-2)18(3,4)17(19-5)15-10-8-9-14-11-12-20-13-16(14)15/h8-13,17,19H,6-7H2,1-5H3. The van der Waals surface area contributed by atoms with Gasteiger partial charge in [-0.15, -0.1) is 0 Å². The highest BCUT2D eigenvalue weighted by molar-refractivity contribution is 5.85. The first-order valence-corrected chi connectivity index (χ1v) is 7.81. The Balaban J connectivity index is 2.54. The molecule has 0 aliphatic carbocycles. The van der Waals surface area contributed by atoms with Gasteiger partial charge in [-0.25, -0.2) is 0 Å². The van der Waals surface area contributed by atoms with Gasteiger partial charge in [0, 0.05) is 23.3 Å². The number of likely N-dealkylation sites (N-methyl/N-ethyl adjacent to an activating group) is 2. The molecule has 0 fully saturated rings. The average Bonchev–Trinajstić information content (AvgIpc) is 2.49. The van der Waals surface area contributed by atoms with Crippen LogP contribution in [0.4, 0.5) is 0 Å². The molecule has 0 aliphatic rings. The van der Waals surface area contributed by atoms with Gasteiger partial charge in [-0.2, -0.15) is 0 Å². The molecule has 2 rings (SSSR count). The van der Waals surface area contributed by atoms with E-state index in [1.54, 1.807) is 0 Å². The summed E-state index contributed by atoms with van der Waals surface area (Å²) in [4.78, 5) is 6.82. The zero-order valence-electron chi connectivity index (χ0n) is 13.9. The lowest BCUT2D eigenvalue weighted by Gasteiger charge is -2.44. The van der Waals surface area contributed by atoms with E-state index in [1.165, 1.54) is 16.3 Å². The lowest BCUT2D eigenvalue weighted by Crippen LogP contribution is -2.52. The topological polar surface area (TPSA) is 28.2 Å². The number of fused-ring (bicyclic) bond motifs is 1. The predicted octanol–water partition coefficient (Wildman–Crippen LogP) is 3.62. The Morgan fingerprint density at radius 3 is 2.52 bits per heavy atom. The van der Waals surface area contributed by atoms with Crippen LogP contribution in [-0.4, -0.2) is 35.6 Å². The number of hydrogen-bond donors (Lipinski definition) is 1. The number of hydrogen-bond acceptors (Lipinski definition) is 3. The molecule has 0 amide bonds. The quantitative estimate of drug-likeness (QED) is 0.878. The number of nitrogens with one attached hydrogen (secondary N) is 1. The van der Waals surface area contributed by atoms with Crippen LogP contribution in [0.2, 0.25) is 0 Å². The van der Waals surface area contributed by atoms with Crippen molar-refractivity contribution in [3.05, 3.63) is 42.2 Å². The molecule has 0 saturated heterocycles. The van der Waals surface area contributed by atoms with Crippen molar-refractivity contribution >= 4 is 10.8 Å². The second-order valence-corrected chi connectivity index (χ2v) is 5.99. The average molecular weight is 285 g/mol. The fourth-order valence-electron chi connectivity index (χ4n) is 3.50. The van der Waals surface area contributed by atoms with Crippen LogP contribution in [0.1, 0.15) is 39.3 Å². The summed E-state index contributed by atoms with van der Waals surface area (Å²) in [6, 6.07) is 8.84. The van der Waals surface area contributed by atoms with Gasteiger partial charge >= 0.3 is 0 Å². The summed E-state index contributed by atoms with van der Waals surface area (Å²) < 4.78 is 0. The maximum Gasteiger partial charge on any atom is 0.0506 e. The number of rotatable bonds is 6. The van der Waals surface area contributed by atoms with Crippen LogP contribution in [-0.2, 0) is 0 Å². The molecule has 2 aromatic rings. The maximum absolute atomic E-state index is 4.32. The monoisotopic (exact) mass is 285 g/mol. The molecule has 1 unspecified atom stereocenters. The molecule has 3 nitrogen and oxygen atoms in total. The third kappa shape index (κ3) is 2.94. The second kappa shape index (κ2) is 6.54. The van der Waals surface area contributed by atoms with Crippen LogP contribution in [0.25, 0.3) is 10.8 Å². The van der Waals surface area contributed by atoms with E-state index < -0.39 is 0 Å². The van der Waals surface area contributed by atoms with Gasteiger partial charge < -0.3 is 5.32 Å². The first-order chi connectivity index (χ1) is 10.1. The smallest absolute Gasteiger partial charge is 0.0506 e. The molecule has 1 aromatic carbocycles. The van der Waals surface area contributed by atoms with Crippen molar-refractivity contribution in [2.75, 3.05) is 20.1 Å². The minimum Gasteiger partial charge on any atom is -0.311 e. The van der Waals surface area contributed by atoms with Crippen molar-refractivity contribution in [1.29, 1.82) is 0 Å². The van der Waals surface area contributed by atoms with Crippen LogP contribution in [0, 0.1) is 0 Å². The van der Waals surface area contributed by atoms with Gasteiger partial charge in [0.1, 0.15) is 0 Å². The number of pyridine rings is 1. The van der Waals surface area contributed by atoms with Crippen molar-refractivity contribution < 1.29 is 0 Å². The predicted molar refractivity (Wildman–Crippen MR) is 90.5 cm³/mol. The van der Waals surface area contributed by atoms with Crippen LogP contribution in [0.3, 0.4) is 0 Å². The van der Waals surface area contributed by atoms with E-state index in [9.17, 15) is 0 Å². The molecule has 1 atom stereocenters. The van der Waals surface area contributed by atoms with E-state index in [0.717, 1.165) is 13.1 Å². The summed E-state index contributed by atoms with van der Waals surface area (Å²) in [5.41, 5.74) is 1.35. The molecular weight excluding hydrogens is 258 g/mol. The molecule has 114 valence electrons. The first kappa shape index (κ1) is 15.9. The number of aromatic nitrogens is 1. The summed E-state index contributed by atoms with van der Waals surface area (Å²) in [6.45, 7) is 11.2. The van der Waals surface area contributed by atoms with Gasteiger partial charge in [0.25, 0.3) is 0 Å². The van der Waals surface area contributed by atoms with E-state index in [-0.39, 0.29) is 11.6 Å². The van der Waals surface area contributed by atoms with E-state index in [2.05, 4.69) is 67.2 Å². The van der Waals surface area contributed by atoms with Crippen LogP contribution in [0.15, 0.2) is 36.7 Å². The molecule has 1 aromatic heterocycles. The third-order valence-electron chi connectivity index (χ3n) is 4.60. The molecule has 1 heterocycles. The van der Waals surface area contributed by atoms with E-state index in [0.29, 0.717) is 0 Å². The molecule has 1 N–H and O–H groups in total. The van der Waals surface area contributed by atoms with Crippen molar-refractivity contribution in [2.45, 2.75) is 39.3 Å². The largest absolute Gasteiger partial charge is 0.311 e. The zero-order valence-corrected chi connectivity index (χ0v) is 13.9. The highest BCUT2D eigenvalue weighted by Crippen LogP contribution is 2.34. The molecule has 3 heteroatoms. The number of benzene rings is 1. The SMILES string of the molecule is CCN(CC)C(C)(C)C(NC)c1cccc2ccncc12. The maximum atomic E-state index is 4.32. The first-order valence-electron chi connectivity index (χ1n) is 7.81. The van der Waals surface area contributed by atoms with Gasteiger partial charge in [-0.05, 0) is 51.0 Å². The highest BCUT2D eigenvalue weighted by atomic mass is 15.2. The van der Waals surface area contributed by atoms with Crippen molar-refractivity contribution in [3.8, 4) is 0 Å². The van der Waals surface area contributed by atoms with Gasteiger partial charge in [0.05, 0.1) is 6.04 Å². The van der Waals surface area contributed by atoms with Crippen molar-refractivity contribution in [2.24, 2.45) is 0 Å². The van der Waals surface area contributed by atoms with E-state index in [1.807, 2.05) is 19.4 Å². The fourth-order valence-corrected chi connectivity index (χ4v) is 3.50. The third-order valence-corrected chi connectivity index (χ3v) is 4.60. The summed E-state index contributed by atoms with van der Waals surface area (Å²) in [6.07, 6.45) is 3.84. The number of nitrogens with zero attached hydrogens (tertiary/aromatic N) is 2. The Morgan fingerprint density at radius 1 is 1.19 bits per heavy atom. The highest BCUT2D eigenvalue weighted by Gasteiger charge is 2.34. The second-order valence-electron chi connectivity index (χ2n) is 5.99. The molecular formula is C18H27N3. The van der Waals surface area contributed by atoms with Crippen molar-refractivity contribution in [1.82, 2.24) is 15.2 Å². The van der Waals surface area contributed by atoms with E-state index >= 15 is 0 Å². The van der Waals surface area contributed by atoms with Gasteiger partial charge in [-0.1, -0.05) is 32.0 Å². The Bertz CT molecular complexity index is 583. The molecule has 0 aliphatic heterocycles. The minimum absolute atomic E-state index is 0.0301. The van der Waals surface area contributed by atoms with Gasteiger partial charge in [0.15, 0.2) is 0 Å². The molecule has 0 saturated carbocycles. The summed E-state index contributed by atoms with van der Waals surface area (Å²) in [5, 5.41) is 6.01. The van der Waals surface area contributed by atoms with Gasteiger partial charge in [-0.3, -0.25) is 9.88 Å². The van der Waals surface area contributed by atoms with Crippen molar-refractivity contribution in [3.63, 3.8) is 0 Å². The molecule has 0 radical (unpaired) electrons. The summed E-state index contributed by atoms with van der Waals surface area (Å²) in [5.74, 6) is 0. The Kier molecular flexibility index (Phi) is 4.96. The lowest BCUT2D eigenvalue weighted by molar-refractivity contribution is 0.0950. The lowest BCUT2D eigenvalue weighted by atomic mass is 9.85. The molecule has 0 bridgehead atoms.